The maximum atomic E-state index is 12.9. The summed E-state index contributed by atoms with van der Waals surface area (Å²) in [5.74, 6) is -1.85. The zero-order valence-electron chi connectivity index (χ0n) is 9.53. The topological polar surface area (TPSA) is 55.4 Å². The Labute approximate surface area is 104 Å². The van der Waals surface area contributed by atoms with Crippen LogP contribution in [-0.2, 0) is 14.8 Å². The van der Waals surface area contributed by atoms with Crippen LogP contribution < -0.4 is 4.72 Å². The van der Waals surface area contributed by atoms with E-state index in [0.717, 1.165) is 25.0 Å². The van der Waals surface area contributed by atoms with E-state index < -0.39 is 26.6 Å². The minimum Gasteiger partial charge on any atom is -0.377 e. The molecule has 0 bridgehead atoms. The van der Waals surface area contributed by atoms with Crippen molar-refractivity contribution in [1.82, 2.24) is 4.72 Å². The van der Waals surface area contributed by atoms with Gasteiger partial charge in [0.1, 0.15) is 11.6 Å². The second-order valence-electron chi connectivity index (χ2n) is 4.09. The van der Waals surface area contributed by atoms with Gasteiger partial charge in [-0.15, -0.1) is 0 Å². The third kappa shape index (κ3) is 3.24. The van der Waals surface area contributed by atoms with Gasteiger partial charge in [-0.25, -0.2) is 21.9 Å². The summed E-state index contributed by atoms with van der Waals surface area (Å²) >= 11 is 0. The highest BCUT2D eigenvalue weighted by Gasteiger charge is 2.21. The fourth-order valence-electron chi connectivity index (χ4n) is 1.77. The van der Waals surface area contributed by atoms with Crippen molar-refractivity contribution in [3.63, 3.8) is 0 Å². The summed E-state index contributed by atoms with van der Waals surface area (Å²) < 4.78 is 57.0. The van der Waals surface area contributed by atoms with Crippen LogP contribution in [0.25, 0.3) is 0 Å². The number of sulfonamides is 1. The largest absolute Gasteiger partial charge is 0.377 e. The van der Waals surface area contributed by atoms with Crippen LogP contribution in [0.3, 0.4) is 0 Å². The first-order valence-electron chi connectivity index (χ1n) is 5.55. The quantitative estimate of drug-likeness (QED) is 0.905. The lowest BCUT2D eigenvalue weighted by Crippen LogP contribution is -2.31. The normalized spacial score (nSPS) is 20.2. The molecule has 1 aliphatic rings. The Morgan fingerprint density at radius 1 is 1.28 bits per heavy atom. The Morgan fingerprint density at radius 2 is 1.94 bits per heavy atom. The molecule has 1 saturated heterocycles. The first-order valence-corrected chi connectivity index (χ1v) is 7.03. The standard InChI is InChI=1S/C11H13F2NO3S/c12-8-4-9(13)6-11(5-8)18(15,16)14-7-10-2-1-3-17-10/h4-6,10,14H,1-3,7H2/t10-/m1/s1. The maximum Gasteiger partial charge on any atom is 0.240 e. The molecule has 0 spiro atoms. The monoisotopic (exact) mass is 277 g/mol. The Balaban J connectivity index is 2.09. The van der Waals surface area contributed by atoms with E-state index in [1.165, 1.54) is 0 Å². The van der Waals surface area contributed by atoms with Crippen LogP contribution in [0.4, 0.5) is 8.78 Å². The molecular weight excluding hydrogens is 264 g/mol. The lowest BCUT2D eigenvalue weighted by molar-refractivity contribution is 0.114. The number of rotatable bonds is 4. The molecule has 18 heavy (non-hydrogen) atoms. The molecule has 0 saturated carbocycles. The Kier molecular flexibility index (Phi) is 3.94. The summed E-state index contributed by atoms with van der Waals surface area (Å²) in [7, 11) is -3.90. The smallest absolute Gasteiger partial charge is 0.240 e. The molecule has 1 aromatic rings. The van der Waals surface area contributed by atoms with Gasteiger partial charge >= 0.3 is 0 Å². The summed E-state index contributed by atoms with van der Waals surface area (Å²) in [4.78, 5) is -0.419. The molecule has 0 aliphatic carbocycles. The van der Waals surface area contributed by atoms with Crippen molar-refractivity contribution in [3.05, 3.63) is 29.8 Å². The molecule has 1 heterocycles. The van der Waals surface area contributed by atoms with Crippen molar-refractivity contribution in [2.24, 2.45) is 0 Å². The van der Waals surface area contributed by atoms with E-state index in [9.17, 15) is 17.2 Å². The molecule has 0 unspecified atom stereocenters. The number of halogens is 2. The predicted molar refractivity (Wildman–Crippen MR) is 60.5 cm³/mol. The lowest BCUT2D eigenvalue weighted by Gasteiger charge is -2.11. The van der Waals surface area contributed by atoms with Crippen molar-refractivity contribution in [2.45, 2.75) is 23.8 Å². The van der Waals surface area contributed by atoms with E-state index in [-0.39, 0.29) is 12.6 Å². The molecule has 1 N–H and O–H groups in total. The van der Waals surface area contributed by atoms with Crippen LogP contribution in [0.2, 0.25) is 0 Å². The molecular formula is C11H13F2NO3S. The average Bonchev–Trinajstić information content (AvgIpc) is 2.78. The molecule has 1 fully saturated rings. The minimum atomic E-state index is -3.90. The van der Waals surface area contributed by atoms with Gasteiger partial charge in [-0.05, 0) is 25.0 Å². The van der Waals surface area contributed by atoms with E-state index in [4.69, 9.17) is 4.74 Å². The maximum absolute atomic E-state index is 12.9. The average molecular weight is 277 g/mol. The van der Waals surface area contributed by atoms with Gasteiger partial charge < -0.3 is 4.74 Å². The number of hydrogen-bond acceptors (Lipinski definition) is 3. The van der Waals surface area contributed by atoms with E-state index in [2.05, 4.69) is 4.72 Å². The van der Waals surface area contributed by atoms with Gasteiger partial charge in [0.2, 0.25) is 10.0 Å². The third-order valence-corrected chi connectivity index (χ3v) is 4.07. The molecule has 1 aliphatic heterocycles. The number of benzene rings is 1. The van der Waals surface area contributed by atoms with Crippen LogP contribution in [0.15, 0.2) is 23.1 Å². The van der Waals surface area contributed by atoms with Gasteiger partial charge in [0.25, 0.3) is 0 Å². The SMILES string of the molecule is O=S(=O)(NC[C@H]1CCCO1)c1cc(F)cc(F)c1. The first-order chi connectivity index (χ1) is 8.47. The van der Waals surface area contributed by atoms with Crippen LogP contribution in [0.5, 0.6) is 0 Å². The minimum absolute atomic E-state index is 0.112. The van der Waals surface area contributed by atoms with Gasteiger partial charge in [0.15, 0.2) is 0 Å². The van der Waals surface area contributed by atoms with E-state index in [1.807, 2.05) is 0 Å². The van der Waals surface area contributed by atoms with Crippen molar-refractivity contribution >= 4 is 10.0 Å². The van der Waals surface area contributed by atoms with Gasteiger partial charge in [0, 0.05) is 19.2 Å². The van der Waals surface area contributed by atoms with Crippen molar-refractivity contribution < 1.29 is 21.9 Å². The van der Waals surface area contributed by atoms with E-state index in [1.54, 1.807) is 0 Å². The second kappa shape index (κ2) is 5.29. The second-order valence-corrected chi connectivity index (χ2v) is 5.86. The Bertz CT molecular complexity index is 507. The number of hydrogen-bond donors (Lipinski definition) is 1. The van der Waals surface area contributed by atoms with Crippen LogP contribution in [0, 0.1) is 11.6 Å². The van der Waals surface area contributed by atoms with Gasteiger partial charge in [-0.2, -0.15) is 0 Å². The van der Waals surface area contributed by atoms with Crippen LogP contribution in [0.1, 0.15) is 12.8 Å². The third-order valence-electron chi connectivity index (χ3n) is 2.67. The molecule has 1 aromatic carbocycles. The molecule has 1 atom stereocenters. The van der Waals surface area contributed by atoms with Crippen molar-refractivity contribution in [3.8, 4) is 0 Å². The predicted octanol–water partition coefficient (Wildman–Crippen LogP) is 1.42. The van der Waals surface area contributed by atoms with Gasteiger partial charge in [-0.1, -0.05) is 0 Å². The van der Waals surface area contributed by atoms with Crippen LogP contribution >= 0.6 is 0 Å². The molecule has 2 rings (SSSR count). The summed E-state index contributed by atoms with van der Waals surface area (Å²) in [5, 5.41) is 0. The highest BCUT2D eigenvalue weighted by molar-refractivity contribution is 7.89. The summed E-state index contributed by atoms with van der Waals surface area (Å²) in [6, 6.07) is 2.18. The Morgan fingerprint density at radius 3 is 2.50 bits per heavy atom. The van der Waals surface area contributed by atoms with Crippen molar-refractivity contribution in [1.29, 1.82) is 0 Å². The fraction of sp³-hybridized carbons (Fsp3) is 0.455. The number of nitrogens with one attached hydrogen (secondary N) is 1. The first kappa shape index (κ1) is 13.4. The van der Waals surface area contributed by atoms with Crippen molar-refractivity contribution in [2.75, 3.05) is 13.2 Å². The highest BCUT2D eigenvalue weighted by atomic mass is 32.2. The Hall–Kier alpha value is -1.05. The fourth-order valence-corrected chi connectivity index (χ4v) is 2.88. The summed E-state index contributed by atoms with van der Waals surface area (Å²) in [5.41, 5.74) is 0. The molecule has 0 radical (unpaired) electrons. The van der Waals surface area contributed by atoms with E-state index >= 15 is 0 Å². The highest BCUT2D eigenvalue weighted by Crippen LogP contribution is 2.15. The zero-order valence-corrected chi connectivity index (χ0v) is 10.3. The molecule has 0 amide bonds. The molecule has 0 aromatic heterocycles. The van der Waals surface area contributed by atoms with Crippen LogP contribution in [-0.4, -0.2) is 27.7 Å². The molecule has 4 nitrogen and oxygen atoms in total. The molecule has 100 valence electrons. The lowest BCUT2D eigenvalue weighted by atomic mass is 10.2. The van der Waals surface area contributed by atoms with E-state index in [0.29, 0.717) is 12.7 Å². The van der Waals surface area contributed by atoms with Gasteiger partial charge in [-0.3, -0.25) is 0 Å². The summed E-state index contributed by atoms with van der Waals surface area (Å²) in [6.07, 6.45) is 1.50. The molecule has 7 heteroatoms. The van der Waals surface area contributed by atoms with Gasteiger partial charge in [0.05, 0.1) is 11.0 Å². The summed E-state index contributed by atoms with van der Waals surface area (Å²) in [6.45, 7) is 0.724. The zero-order chi connectivity index (χ0) is 13.2. The number of ether oxygens (including phenoxy) is 1.